The van der Waals surface area contributed by atoms with Crippen molar-refractivity contribution in [2.24, 2.45) is 5.92 Å². The molecule has 108 valence electrons. The molecule has 0 aliphatic carbocycles. The van der Waals surface area contributed by atoms with Crippen molar-refractivity contribution in [2.45, 2.75) is 26.8 Å². The first-order valence-electron chi connectivity index (χ1n) is 6.62. The van der Waals surface area contributed by atoms with Gasteiger partial charge in [0.1, 0.15) is 5.82 Å². The molecule has 0 spiro atoms. The van der Waals surface area contributed by atoms with Gasteiger partial charge in [-0.15, -0.1) is 0 Å². The Labute approximate surface area is 122 Å². The number of imidazole rings is 1. The number of H-pyrrole nitrogens is 1. The van der Waals surface area contributed by atoms with Gasteiger partial charge in [0.15, 0.2) is 4.77 Å². The van der Waals surface area contributed by atoms with Crippen LogP contribution in [0.15, 0.2) is 18.2 Å². The highest BCUT2D eigenvalue weighted by atomic mass is 32.1. The summed E-state index contributed by atoms with van der Waals surface area (Å²) >= 11 is 5.21. The number of carbonyl (C=O) groups excluding carboxylic acids is 1. The van der Waals surface area contributed by atoms with E-state index in [1.165, 1.54) is 12.1 Å². The number of nitrogens with zero attached hydrogens (tertiary/aromatic N) is 1. The fraction of sp³-hybridized carbons (Fsp3) is 0.429. The topological polar surface area (TPSA) is 49.8 Å². The van der Waals surface area contributed by atoms with Crippen molar-refractivity contribution in [3.05, 3.63) is 28.8 Å². The number of hydrogen-bond donors (Lipinski definition) is 2. The van der Waals surface area contributed by atoms with E-state index in [2.05, 4.69) is 10.3 Å². The second kappa shape index (κ2) is 6.17. The maximum absolute atomic E-state index is 13.1. The molecule has 1 amide bonds. The lowest BCUT2D eigenvalue weighted by molar-refractivity contribution is -0.121. The molecule has 6 heteroatoms. The van der Waals surface area contributed by atoms with Gasteiger partial charge in [-0.05, 0) is 36.3 Å². The van der Waals surface area contributed by atoms with Gasteiger partial charge in [-0.1, -0.05) is 13.8 Å². The molecular weight excluding hydrogens is 277 g/mol. The number of carbonyl (C=O) groups is 1. The zero-order chi connectivity index (χ0) is 14.7. The van der Waals surface area contributed by atoms with Gasteiger partial charge in [-0.25, -0.2) is 4.39 Å². The van der Waals surface area contributed by atoms with Crippen LogP contribution in [-0.2, 0) is 11.3 Å². The third-order valence-electron chi connectivity index (χ3n) is 3.01. The number of halogens is 1. The minimum absolute atomic E-state index is 0.00272. The molecule has 0 unspecified atom stereocenters. The Hall–Kier alpha value is -1.69. The highest BCUT2D eigenvalue weighted by Gasteiger charge is 2.08. The Bertz CT molecular complexity index is 675. The van der Waals surface area contributed by atoms with Gasteiger partial charge in [0.25, 0.3) is 0 Å². The van der Waals surface area contributed by atoms with Crippen molar-refractivity contribution in [3.63, 3.8) is 0 Å². The molecule has 1 aromatic carbocycles. The lowest BCUT2D eigenvalue weighted by Gasteiger charge is -2.08. The third-order valence-corrected chi connectivity index (χ3v) is 3.33. The van der Waals surface area contributed by atoms with Crippen LogP contribution in [0.3, 0.4) is 0 Å². The fourth-order valence-corrected chi connectivity index (χ4v) is 2.28. The zero-order valence-electron chi connectivity index (χ0n) is 11.6. The first kappa shape index (κ1) is 14.7. The number of rotatable bonds is 5. The first-order valence-corrected chi connectivity index (χ1v) is 7.03. The predicted octanol–water partition coefficient (Wildman–Crippen LogP) is 3.00. The lowest BCUT2D eigenvalue weighted by atomic mass is 10.2. The summed E-state index contributed by atoms with van der Waals surface area (Å²) in [5, 5.41) is 2.86. The number of hydrogen-bond acceptors (Lipinski definition) is 2. The van der Waals surface area contributed by atoms with Crippen molar-refractivity contribution in [1.29, 1.82) is 0 Å². The Morgan fingerprint density at radius 2 is 2.25 bits per heavy atom. The first-order chi connectivity index (χ1) is 9.47. The van der Waals surface area contributed by atoms with Crippen molar-refractivity contribution in [3.8, 4) is 0 Å². The molecule has 20 heavy (non-hydrogen) atoms. The van der Waals surface area contributed by atoms with E-state index >= 15 is 0 Å². The number of aromatic amines is 1. The van der Waals surface area contributed by atoms with Gasteiger partial charge >= 0.3 is 0 Å². The maximum Gasteiger partial charge on any atom is 0.221 e. The molecule has 2 N–H and O–H groups in total. The quantitative estimate of drug-likeness (QED) is 0.833. The fourth-order valence-electron chi connectivity index (χ4n) is 1.98. The summed E-state index contributed by atoms with van der Waals surface area (Å²) in [6.45, 7) is 5.24. The number of amides is 1. The highest BCUT2D eigenvalue weighted by Crippen LogP contribution is 2.15. The summed E-state index contributed by atoms with van der Waals surface area (Å²) in [6.07, 6.45) is 0.353. The van der Waals surface area contributed by atoms with E-state index < -0.39 is 0 Å². The highest BCUT2D eigenvalue weighted by molar-refractivity contribution is 7.71. The second-order valence-electron chi connectivity index (χ2n) is 5.19. The van der Waals surface area contributed by atoms with Crippen molar-refractivity contribution < 1.29 is 9.18 Å². The molecule has 2 rings (SSSR count). The normalized spacial score (nSPS) is 11.2. The SMILES string of the molecule is CC(C)CNC(=O)CCn1c(=S)[nH]c2cc(F)ccc21. The van der Waals surface area contributed by atoms with Gasteiger partial charge in [-0.3, -0.25) is 4.79 Å². The molecule has 4 nitrogen and oxygen atoms in total. The summed E-state index contributed by atoms with van der Waals surface area (Å²) in [4.78, 5) is 14.7. The van der Waals surface area contributed by atoms with Crippen LogP contribution in [0.25, 0.3) is 11.0 Å². The lowest BCUT2D eigenvalue weighted by Crippen LogP contribution is -2.28. The second-order valence-corrected chi connectivity index (χ2v) is 5.58. The van der Waals surface area contributed by atoms with E-state index in [-0.39, 0.29) is 11.7 Å². The largest absolute Gasteiger partial charge is 0.356 e. The number of fused-ring (bicyclic) bond motifs is 1. The number of aryl methyl sites for hydroxylation is 1. The summed E-state index contributed by atoms with van der Waals surface area (Å²) in [6, 6.07) is 4.46. The standard InChI is InChI=1S/C14H18FN3OS/c1-9(2)8-16-13(19)5-6-18-12-4-3-10(15)7-11(12)17-14(18)20/h3-4,7,9H,5-6,8H2,1-2H3,(H,16,19)(H,17,20). The molecule has 2 aromatic rings. The van der Waals surface area contributed by atoms with E-state index in [0.29, 0.717) is 35.7 Å². The van der Waals surface area contributed by atoms with Gasteiger partial charge < -0.3 is 14.9 Å². The maximum atomic E-state index is 13.1. The van der Waals surface area contributed by atoms with E-state index in [4.69, 9.17) is 12.2 Å². The van der Waals surface area contributed by atoms with Gasteiger partial charge in [0.2, 0.25) is 5.91 Å². The zero-order valence-corrected chi connectivity index (χ0v) is 12.4. The molecule has 0 saturated carbocycles. The van der Waals surface area contributed by atoms with Gasteiger partial charge in [-0.2, -0.15) is 0 Å². The minimum Gasteiger partial charge on any atom is -0.356 e. The van der Waals surface area contributed by atoms with Crippen molar-refractivity contribution >= 4 is 29.2 Å². The molecule has 1 aromatic heterocycles. The van der Waals surface area contributed by atoms with Gasteiger partial charge in [0.05, 0.1) is 11.0 Å². The van der Waals surface area contributed by atoms with E-state index in [1.807, 2.05) is 18.4 Å². The van der Waals surface area contributed by atoms with E-state index in [0.717, 1.165) is 5.52 Å². The van der Waals surface area contributed by atoms with Crippen molar-refractivity contribution in [1.82, 2.24) is 14.9 Å². The summed E-state index contributed by atoms with van der Waals surface area (Å²) < 4.78 is 15.5. The molecular formula is C14H18FN3OS. The molecule has 0 aliphatic rings. The Balaban J connectivity index is 2.08. The summed E-state index contributed by atoms with van der Waals surface area (Å²) in [5.41, 5.74) is 1.46. The van der Waals surface area contributed by atoms with Crippen LogP contribution in [-0.4, -0.2) is 22.0 Å². The van der Waals surface area contributed by atoms with Crippen LogP contribution >= 0.6 is 12.2 Å². The van der Waals surface area contributed by atoms with E-state index in [9.17, 15) is 9.18 Å². The summed E-state index contributed by atoms with van der Waals surface area (Å²) in [7, 11) is 0. The smallest absolute Gasteiger partial charge is 0.221 e. The average Bonchev–Trinajstić information content (AvgIpc) is 2.68. The molecule has 0 radical (unpaired) electrons. The van der Waals surface area contributed by atoms with Crippen LogP contribution in [0.4, 0.5) is 4.39 Å². The number of benzene rings is 1. The molecule has 0 fully saturated rings. The predicted molar refractivity (Wildman–Crippen MR) is 79.5 cm³/mol. The van der Waals surface area contributed by atoms with Crippen LogP contribution in [0.2, 0.25) is 0 Å². The number of aromatic nitrogens is 2. The summed E-state index contributed by atoms with van der Waals surface area (Å²) in [5.74, 6) is 0.116. The number of nitrogens with one attached hydrogen (secondary N) is 2. The molecule has 0 saturated heterocycles. The molecule has 1 heterocycles. The van der Waals surface area contributed by atoms with Crippen LogP contribution in [0.1, 0.15) is 20.3 Å². The Kier molecular flexibility index (Phi) is 4.54. The molecule has 0 aliphatic heterocycles. The average molecular weight is 295 g/mol. The van der Waals surface area contributed by atoms with Crippen LogP contribution < -0.4 is 5.32 Å². The molecule has 0 bridgehead atoms. The monoisotopic (exact) mass is 295 g/mol. The Morgan fingerprint density at radius 3 is 2.95 bits per heavy atom. The van der Waals surface area contributed by atoms with Crippen LogP contribution in [0, 0.1) is 16.5 Å². The van der Waals surface area contributed by atoms with E-state index in [1.54, 1.807) is 6.07 Å². The molecule has 0 atom stereocenters. The minimum atomic E-state index is -0.310. The van der Waals surface area contributed by atoms with Gasteiger partial charge in [0, 0.05) is 19.5 Å². The Morgan fingerprint density at radius 1 is 1.50 bits per heavy atom. The van der Waals surface area contributed by atoms with Crippen LogP contribution in [0.5, 0.6) is 0 Å². The van der Waals surface area contributed by atoms with Crippen molar-refractivity contribution in [2.75, 3.05) is 6.54 Å². The third kappa shape index (κ3) is 3.45.